The summed E-state index contributed by atoms with van der Waals surface area (Å²) >= 11 is 3.31. The van der Waals surface area contributed by atoms with Gasteiger partial charge < -0.3 is 14.8 Å². The molecule has 0 aliphatic rings. The van der Waals surface area contributed by atoms with Crippen molar-refractivity contribution < 1.29 is 4.52 Å². The fourth-order valence-corrected chi connectivity index (χ4v) is 1.45. The third-order valence-corrected chi connectivity index (χ3v) is 2.16. The maximum absolute atomic E-state index is 5.07. The first-order chi connectivity index (χ1) is 6.79. The van der Waals surface area contributed by atoms with Crippen LogP contribution in [0, 0.1) is 0 Å². The molecule has 0 aliphatic heterocycles. The molecule has 5 nitrogen and oxygen atoms in total. The Kier molecular flexibility index (Phi) is 4.31. The molecule has 2 N–H and O–H groups in total. The first-order valence-corrected chi connectivity index (χ1v) is 4.90. The van der Waals surface area contributed by atoms with Crippen molar-refractivity contribution in [3.05, 3.63) is 22.7 Å². The average Bonchev–Trinajstić information content (AvgIpc) is 2.74. The highest BCUT2D eigenvalue weighted by Crippen LogP contribution is 2.20. The van der Waals surface area contributed by atoms with E-state index in [1.54, 1.807) is 6.20 Å². The Morgan fingerprint density at radius 2 is 2.40 bits per heavy atom. The molecule has 0 saturated heterocycles. The van der Waals surface area contributed by atoms with E-state index in [2.05, 4.69) is 36.4 Å². The molecule has 2 aromatic heterocycles. The highest BCUT2D eigenvalue weighted by molar-refractivity contribution is 9.10. The Morgan fingerprint density at radius 1 is 1.60 bits per heavy atom. The van der Waals surface area contributed by atoms with E-state index in [1.807, 2.05) is 13.1 Å². The number of halogens is 2. The van der Waals surface area contributed by atoms with Crippen LogP contribution in [0.5, 0.6) is 0 Å². The number of aromatic amines is 1. The molecule has 0 saturated carbocycles. The molecule has 0 radical (unpaired) electrons. The van der Waals surface area contributed by atoms with E-state index in [9.17, 15) is 0 Å². The topological polar surface area (TPSA) is 66.7 Å². The van der Waals surface area contributed by atoms with Crippen LogP contribution in [-0.2, 0) is 6.54 Å². The van der Waals surface area contributed by atoms with Gasteiger partial charge in [0.25, 0.3) is 5.89 Å². The summed E-state index contributed by atoms with van der Waals surface area (Å²) in [6.07, 6.45) is 1.81. The summed E-state index contributed by atoms with van der Waals surface area (Å²) in [7, 11) is 1.84. The second-order valence-electron chi connectivity index (χ2n) is 2.78. The van der Waals surface area contributed by atoms with Crippen LogP contribution in [0.4, 0.5) is 0 Å². The molecule has 0 aromatic carbocycles. The molecule has 0 bridgehead atoms. The molecular formula is C8H10BrClN4O. The quantitative estimate of drug-likeness (QED) is 0.908. The predicted octanol–water partition coefficient (Wildman–Crippen LogP) is 1.97. The van der Waals surface area contributed by atoms with Crippen molar-refractivity contribution in [2.24, 2.45) is 0 Å². The fourth-order valence-electron chi connectivity index (χ4n) is 1.09. The Hall–Kier alpha value is -0.850. The summed E-state index contributed by atoms with van der Waals surface area (Å²) in [5, 5.41) is 6.77. The second-order valence-corrected chi connectivity index (χ2v) is 3.64. The standard InChI is InChI=1S/C8H9BrN4O.ClH/c1-10-4-7-12-8(14-13-7)5-2-6(9)11-3-5;/h2-3,10-11H,4H2,1H3;1H. The Bertz CT molecular complexity index is 428. The number of rotatable bonds is 3. The molecule has 15 heavy (non-hydrogen) atoms. The molecule has 0 unspecified atom stereocenters. The van der Waals surface area contributed by atoms with Crippen LogP contribution in [0.2, 0.25) is 0 Å². The number of hydrogen-bond acceptors (Lipinski definition) is 4. The van der Waals surface area contributed by atoms with Gasteiger partial charge >= 0.3 is 0 Å². The highest BCUT2D eigenvalue weighted by Gasteiger charge is 2.09. The lowest BCUT2D eigenvalue weighted by Gasteiger charge is -1.86. The zero-order chi connectivity index (χ0) is 9.97. The molecule has 2 rings (SSSR count). The van der Waals surface area contributed by atoms with Gasteiger partial charge in [0.15, 0.2) is 5.82 Å². The number of nitrogens with zero attached hydrogens (tertiary/aromatic N) is 2. The van der Waals surface area contributed by atoms with Gasteiger partial charge in [-0.15, -0.1) is 12.4 Å². The molecule has 82 valence electrons. The predicted molar refractivity (Wildman–Crippen MR) is 61.8 cm³/mol. The van der Waals surface area contributed by atoms with Gasteiger partial charge in [-0.05, 0) is 29.0 Å². The lowest BCUT2D eigenvalue weighted by molar-refractivity contribution is 0.421. The van der Waals surface area contributed by atoms with Gasteiger partial charge in [-0.3, -0.25) is 0 Å². The minimum atomic E-state index is 0. The van der Waals surface area contributed by atoms with Gasteiger partial charge in [0, 0.05) is 6.20 Å². The van der Waals surface area contributed by atoms with E-state index in [0.29, 0.717) is 18.3 Å². The van der Waals surface area contributed by atoms with Crippen molar-refractivity contribution in [2.45, 2.75) is 6.54 Å². The molecule has 0 aliphatic carbocycles. The Morgan fingerprint density at radius 3 is 3.00 bits per heavy atom. The molecule has 0 fully saturated rings. The van der Waals surface area contributed by atoms with E-state index < -0.39 is 0 Å². The Balaban J connectivity index is 0.00000112. The largest absolute Gasteiger partial charge is 0.355 e. The zero-order valence-corrected chi connectivity index (χ0v) is 10.4. The van der Waals surface area contributed by atoms with Crippen molar-refractivity contribution in [1.29, 1.82) is 0 Å². The smallest absolute Gasteiger partial charge is 0.259 e. The highest BCUT2D eigenvalue weighted by atomic mass is 79.9. The minimum absolute atomic E-state index is 0. The number of aromatic nitrogens is 3. The van der Waals surface area contributed by atoms with Gasteiger partial charge in [-0.2, -0.15) is 4.98 Å². The maximum Gasteiger partial charge on any atom is 0.259 e. The summed E-state index contributed by atoms with van der Waals surface area (Å²) in [6, 6.07) is 1.89. The van der Waals surface area contributed by atoms with Gasteiger partial charge in [0.1, 0.15) is 0 Å². The SMILES string of the molecule is CNCc1noc(-c2c[nH]c(Br)c2)n1.Cl. The molecular weight excluding hydrogens is 283 g/mol. The van der Waals surface area contributed by atoms with Crippen LogP contribution in [0.15, 0.2) is 21.4 Å². The summed E-state index contributed by atoms with van der Waals surface area (Å²) in [5.41, 5.74) is 0.881. The van der Waals surface area contributed by atoms with Crippen LogP contribution in [0.1, 0.15) is 5.82 Å². The number of nitrogens with one attached hydrogen (secondary N) is 2. The number of H-pyrrole nitrogens is 1. The third kappa shape index (κ3) is 2.80. The lowest BCUT2D eigenvalue weighted by Crippen LogP contribution is -2.06. The van der Waals surface area contributed by atoms with Gasteiger partial charge in [0.2, 0.25) is 0 Å². The normalized spacial score (nSPS) is 10.0. The number of hydrogen-bond donors (Lipinski definition) is 2. The van der Waals surface area contributed by atoms with Crippen LogP contribution in [0.3, 0.4) is 0 Å². The van der Waals surface area contributed by atoms with Crippen LogP contribution in [0.25, 0.3) is 11.5 Å². The maximum atomic E-state index is 5.07. The van der Waals surface area contributed by atoms with E-state index in [0.717, 1.165) is 10.2 Å². The average molecular weight is 294 g/mol. The van der Waals surface area contributed by atoms with E-state index in [4.69, 9.17) is 4.52 Å². The summed E-state index contributed by atoms with van der Waals surface area (Å²) < 4.78 is 5.96. The van der Waals surface area contributed by atoms with E-state index >= 15 is 0 Å². The first kappa shape index (κ1) is 12.2. The van der Waals surface area contributed by atoms with Crippen molar-refractivity contribution in [3.63, 3.8) is 0 Å². The van der Waals surface area contributed by atoms with Crippen molar-refractivity contribution in [1.82, 2.24) is 20.4 Å². The van der Waals surface area contributed by atoms with Gasteiger partial charge in [0.05, 0.1) is 16.7 Å². The molecule has 0 atom stereocenters. The monoisotopic (exact) mass is 292 g/mol. The summed E-state index contributed by atoms with van der Waals surface area (Å²) in [5.74, 6) is 1.18. The van der Waals surface area contributed by atoms with Crippen LogP contribution in [-0.4, -0.2) is 22.2 Å². The van der Waals surface area contributed by atoms with Gasteiger partial charge in [-0.25, -0.2) is 0 Å². The molecule has 2 heterocycles. The van der Waals surface area contributed by atoms with Crippen molar-refractivity contribution in [2.75, 3.05) is 7.05 Å². The van der Waals surface area contributed by atoms with E-state index in [-0.39, 0.29) is 12.4 Å². The van der Waals surface area contributed by atoms with E-state index in [1.165, 1.54) is 0 Å². The summed E-state index contributed by atoms with van der Waals surface area (Å²) in [4.78, 5) is 7.18. The molecule has 0 amide bonds. The lowest BCUT2D eigenvalue weighted by atomic mass is 10.3. The van der Waals surface area contributed by atoms with Crippen molar-refractivity contribution >= 4 is 28.3 Å². The van der Waals surface area contributed by atoms with Crippen LogP contribution >= 0.6 is 28.3 Å². The van der Waals surface area contributed by atoms with Crippen LogP contribution < -0.4 is 5.32 Å². The molecule has 2 aromatic rings. The van der Waals surface area contributed by atoms with Crippen molar-refractivity contribution in [3.8, 4) is 11.5 Å². The third-order valence-electron chi connectivity index (χ3n) is 1.70. The molecule has 0 spiro atoms. The van der Waals surface area contributed by atoms with Gasteiger partial charge in [-0.1, -0.05) is 5.16 Å². The summed E-state index contributed by atoms with van der Waals surface area (Å²) in [6.45, 7) is 0.606. The Labute approximate surface area is 101 Å². The minimum Gasteiger partial charge on any atom is -0.355 e. The fraction of sp³-hybridized carbons (Fsp3) is 0.250. The first-order valence-electron chi connectivity index (χ1n) is 4.11. The second kappa shape index (κ2) is 5.29. The zero-order valence-electron chi connectivity index (χ0n) is 7.95. The molecule has 7 heteroatoms.